The highest BCUT2D eigenvalue weighted by molar-refractivity contribution is 5.84. The zero-order chi connectivity index (χ0) is 13.7. The Bertz CT molecular complexity index is 562. The fourth-order valence-electron chi connectivity index (χ4n) is 1.44. The van der Waals surface area contributed by atoms with Gasteiger partial charge in [0.25, 0.3) is 0 Å². The van der Waals surface area contributed by atoms with Gasteiger partial charge in [-0.2, -0.15) is 0 Å². The first kappa shape index (κ1) is 12.7. The fraction of sp³-hybridized carbons (Fsp3) is 0.300. The first-order valence-electron chi connectivity index (χ1n) is 5.51. The van der Waals surface area contributed by atoms with Crippen molar-refractivity contribution in [3.05, 3.63) is 30.6 Å². The molecule has 0 aliphatic heterocycles. The van der Waals surface area contributed by atoms with E-state index < -0.39 is 5.97 Å². The third kappa shape index (κ3) is 3.63. The van der Waals surface area contributed by atoms with E-state index in [0.717, 1.165) is 0 Å². The molecule has 2 heterocycles. The van der Waals surface area contributed by atoms with Gasteiger partial charge in [0, 0.05) is 25.5 Å². The lowest BCUT2D eigenvalue weighted by molar-refractivity contribution is -0.121. The van der Waals surface area contributed by atoms with E-state index in [2.05, 4.69) is 20.6 Å². The van der Waals surface area contributed by atoms with Crippen molar-refractivity contribution in [1.29, 1.82) is 0 Å². The van der Waals surface area contributed by atoms with E-state index in [1.54, 1.807) is 10.8 Å². The summed E-state index contributed by atoms with van der Waals surface area (Å²) in [6.07, 6.45) is 5.90. The summed E-state index contributed by atoms with van der Waals surface area (Å²) in [6.45, 7) is 0.927. The molecule has 100 valence electrons. The topological polar surface area (TPSA) is 115 Å². The van der Waals surface area contributed by atoms with Crippen molar-refractivity contribution in [2.75, 3.05) is 6.54 Å². The summed E-state index contributed by atoms with van der Waals surface area (Å²) in [6, 6.07) is 0. The zero-order valence-corrected chi connectivity index (χ0v) is 9.93. The Morgan fingerprint density at radius 2 is 2.26 bits per heavy atom. The molecule has 2 rings (SSSR count). The second-order valence-electron chi connectivity index (χ2n) is 3.75. The smallest absolute Gasteiger partial charge is 0.356 e. The molecule has 0 unspecified atom stereocenters. The maximum Gasteiger partial charge on any atom is 0.356 e. The van der Waals surface area contributed by atoms with Gasteiger partial charge in [-0.05, 0) is 0 Å². The molecule has 0 atom stereocenters. The third-order valence-electron chi connectivity index (χ3n) is 2.32. The van der Waals surface area contributed by atoms with E-state index in [1.807, 2.05) is 0 Å². The van der Waals surface area contributed by atoms with Crippen LogP contribution in [0.1, 0.15) is 10.5 Å². The number of imidazole rings is 1. The van der Waals surface area contributed by atoms with Crippen LogP contribution < -0.4 is 5.32 Å². The highest BCUT2D eigenvalue weighted by Crippen LogP contribution is 1.95. The van der Waals surface area contributed by atoms with Crippen molar-refractivity contribution in [3.8, 4) is 0 Å². The minimum absolute atomic E-state index is 0.0195. The first-order valence-corrected chi connectivity index (χ1v) is 5.51. The quantitative estimate of drug-likeness (QED) is 0.690. The van der Waals surface area contributed by atoms with Crippen molar-refractivity contribution in [3.63, 3.8) is 0 Å². The molecule has 0 saturated carbocycles. The Morgan fingerprint density at radius 1 is 1.42 bits per heavy atom. The number of carboxylic acids is 1. The van der Waals surface area contributed by atoms with Crippen LogP contribution in [0.3, 0.4) is 0 Å². The molecule has 2 aromatic rings. The van der Waals surface area contributed by atoms with Gasteiger partial charge in [0.2, 0.25) is 5.91 Å². The van der Waals surface area contributed by atoms with Crippen LogP contribution in [0.4, 0.5) is 0 Å². The van der Waals surface area contributed by atoms with Gasteiger partial charge in [-0.3, -0.25) is 4.79 Å². The molecule has 1 amide bonds. The molecule has 0 saturated heterocycles. The summed E-state index contributed by atoms with van der Waals surface area (Å²) in [7, 11) is 0. The number of hydrogen-bond acceptors (Lipinski definition) is 5. The van der Waals surface area contributed by atoms with Gasteiger partial charge in [-0.25, -0.2) is 14.5 Å². The minimum Gasteiger partial charge on any atom is -0.476 e. The third-order valence-corrected chi connectivity index (χ3v) is 2.32. The van der Waals surface area contributed by atoms with Crippen LogP contribution >= 0.6 is 0 Å². The summed E-state index contributed by atoms with van der Waals surface area (Å²) in [5.74, 6) is -1.27. The number of nitrogens with one attached hydrogen (secondary N) is 1. The molecule has 0 aliphatic carbocycles. The Labute approximate surface area is 107 Å². The molecule has 9 heteroatoms. The lowest BCUT2D eigenvalue weighted by Gasteiger charge is -2.05. The molecule has 0 fully saturated rings. The summed E-state index contributed by atoms with van der Waals surface area (Å²) in [5.41, 5.74) is -0.0195. The predicted octanol–water partition coefficient (Wildman–Crippen LogP) is -1.01. The molecular weight excluding hydrogens is 252 g/mol. The normalized spacial score (nSPS) is 10.3. The lowest BCUT2D eigenvalue weighted by Crippen LogP contribution is -2.30. The van der Waals surface area contributed by atoms with E-state index in [1.165, 1.54) is 23.4 Å². The Hall–Kier alpha value is -2.71. The number of rotatable bonds is 6. The number of amides is 1. The van der Waals surface area contributed by atoms with Crippen molar-refractivity contribution >= 4 is 11.9 Å². The monoisotopic (exact) mass is 264 g/mol. The molecule has 9 nitrogen and oxygen atoms in total. The van der Waals surface area contributed by atoms with E-state index >= 15 is 0 Å². The van der Waals surface area contributed by atoms with Gasteiger partial charge in [-0.15, -0.1) is 5.10 Å². The average Bonchev–Trinajstić information content (AvgIpc) is 3.00. The highest BCUT2D eigenvalue weighted by Gasteiger charge is 2.06. The van der Waals surface area contributed by atoms with Crippen LogP contribution in [0.15, 0.2) is 24.9 Å². The maximum atomic E-state index is 11.5. The number of carbonyl (C=O) groups is 2. The van der Waals surface area contributed by atoms with E-state index in [4.69, 9.17) is 5.11 Å². The van der Waals surface area contributed by atoms with E-state index in [-0.39, 0.29) is 18.1 Å². The van der Waals surface area contributed by atoms with E-state index in [0.29, 0.717) is 13.1 Å². The number of aromatic nitrogens is 5. The molecule has 0 spiro atoms. The van der Waals surface area contributed by atoms with Gasteiger partial charge in [0.1, 0.15) is 6.54 Å². The van der Waals surface area contributed by atoms with Crippen LogP contribution in [0, 0.1) is 0 Å². The van der Waals surface area contributed by atoms with Crippen LogP contribution in [0.2, 0.25) is 0 Å². The minimum atomic E-state index is -1.08. The van der Waals surface area contributed by atoms with Gasteiger partial charge in [0.05, 0.1) is 12.5 Å². The standard InChI is InChI=1S/C10H12N6O3/c17-9(6-16-4-2-13-14-16)11-1-3-15-5-8(10(18)19)12-7-15/h2,4-5,7H,1,3,6H2,(H,11,17)(H,18,19). The summed E-state index contributed by atoms with van der Waals surface area (Å²) < 4.78 is 3.01. The van der Waals surface area contributed by atoms with Crippen molar-refractivity contribution in [2.45, 2.75) is 13.1 Å². The molecule has 2 aromatic heterocycles. The van der Waals surface area contributed by atoms with Crippen LogP contribution in [0.25, 0.3) is 0 Å². The number of carbonyl (C=O) groups excluding carboxylic acids is 1. The zero-order valence-electron chi connectivity index (χ0n) is 9.93. The summed E-state index contributed by atoms with van der Waals surface area (Å²) >= 11 is 0. The van der Waals surface area contributed by atoms with Gasteiger partial charge >= 0.3 is 5.97 Å². The summed E-state index contributed by atoms with van der Waals surface area (Å²) in [5, 5.41) is 18.6. The average molecular weight is 264 g/mol. The summed E-state index contributed by atoms with van der Waals surface area (Å²) in [4.78, 5) is 25.8. The number of hydrogen-bond donors (Lipinski definition) is 2. The van der Waals surface area contributed by atoms with Crippen LogP contribution in [-0.2, 0) is 17.9 Å². The fourth-order valence-corrected chi connectivity index (χ4v) is 1.44. The number of nitrogens with zero attached hydrogens (tertiary/aromatic N) is 5. The SMILES string of the molecule is O=C(Cn1ccnn1)NCCn1cnc(C(=O)O)c1. The number of aromatic carboxylic acids is 1. The largest absolute Gasteiger partial charge is 0.476 e. The molecule has 0 radical (unpaired) electrons. The molecule has 0 bridgehead atoms. The second-order valence-corrected chi connectivity index (χ2v) is 3.75. The first-order chi connectivity index (χ1) is 9.15. The van der Waals surface area contributed by atoms with Crippen LogP contribution in [0.5, 0.6) is 0 Å². The number of carboxylic acid groups (broad SMARTS) is 1. The van der Waals surface area contributed by atoms with Gasteiger partial charge in [-0.1, -0.05) is 5.21 Å². The molecular formula is C10H12N6O3. The van der Waals surface area contributed by atoms with Crippen molar-refractivity contribution in [2.24, 2.45) is 0 Å². The van der Waals surface area contributed by atoms with Crippen molar-refractivity contribution in [1.82, 2.24) is 29.9 Å². The Morgan fingerprint density at radius 3 is 2.89 bits per heavy atom. The van der Waals surface area contributed by atoms with E-state index in [9.17, 15) is 9.59 Å². The second kappa shape index (κ2) is 5.76. The van der Waals surface area contributed by atoms with Crippen LogP contribution in [-0.4, -0.2) is 48.1 Å². The Balaban J connectivity index is 1.73. The molecule has 2 N–H and O–H groups in total. The maximum absolute atomic E-state index is 11.5. The highest BCUT2D eigenvalue weighted by atomic mass is 16.4. The lowest BCUT2D eigenvalue weighted by atomic mass is 10.5. The molecule has 0 aromatic carbocycles. The Kier molecular flexibility index (Phi) is 3.86. The predicted molar refractivity (Wildman–Crippen MR) is 62.2 cm³/mol. The van der Waals surface area contributed by atoms with Gasteiger partial charge < -0.3 is 15.0 Å². The molecule has 19 heavy (non-hydrogen) atoms. The van der Waals surface area contributed by atoms with Crippen molar-refractivity contribution < 1.29 is 14.7 Å². The molecule has 0 aliphatic rings. The van der Waals surface area contributed by atoms with Gasteiger partial charge in [0.15, 0.2) is 5.69 Å².